The highest BCUT2D eigenvalue weighted by Crippen LogP contribution is 2.25. The summed E-state index contributed by atoms with van der Waals surface area (Å²) < 4.78 is 6.58. The van der Waals surface area contributed by atoms with E-state index in [9.17, 15) is 9.59 Å². The second-order valence-corrected chi connectivity index (χ2v) is 7.92. The minimum atomic E-state index is -0.457. The number of anilines is 1. The van der Waals surface area contributed by atoms with E-state index in [-0.39, 0.29) is 5.91 Å². The number of carbonyl (C=O) groups is 2. The lowest BCUT2D eigenvalue weighted by Gasteiger charge is -2.10. The van der Waals surface area contributed by atoms with Gasteiger partial charge in [0, 0.05) is 17.4 Å². The fraction of sp³-hybridized carbons (Fsp3) is 0.148. The first-order valence-corrected chi connectivity index (χ1v) is 10.6. The SMILES string of the molecule is COC(=O)c1ccc(C)c(NC(=O)c2cn(Cc3ccccc3)nc2-c2ccc(C)cc2)c1. The number of aromatic nitrogens is 2. The van der Waals surface area contributed by atoms with Crippen LogP contribution in [0.3, 0.4) is 0 Å². The van der Waals surface area contributed by atoms with Crippen LogP contribution in [-0.2, 0) is 11.3 Å². The number of hydrogen-bond donors (Lipinski definition) is 1. The Bertz CT molecular complexity index is 1290. The van der Waals surface area contributed by atoms with Crippen LogP contribution in [0.4, 0.5) is 5.69 Å². The summed E-state index contributed by atoms with van der Waals surface area (Å²) in [4.78, 5) is 25.3. The third-order valence-corrected chi connectivity index (χ3v) is 5.43. The van der Waals surface area contributed by atoms with Crippen LogP contribution in [0.15, 0.2) is 79.0 Å². The highest BCUT2D eigenvalue weighted by atomic mass is 16.5. The Morgan fingerprint density at radius 1 is 0.970 bits per heavy atom. The largest absolute Gasteiger partial charge is 0.465 e. The van der Waals surface area contributed by atoms with Gasteiger partial charge >= 0.3 is 5.97 Å². The summed E-state index contributed by atoms with van der Waals surface area (Å²) in [7, 11) is 1.33. The van der Waals surface area contributed by atoms with Crippen molar-refractivity contribution in [3.8, 4) is 11.3 Å². The monoisotopic (exact) mass is 439 g/mol. The normalized spacial score (nSPS) is 10.6. The smallest absolute Gasteiger partial charge is 0.337 e. The average molecular weight is 440 g/mol. The lowest BCUT2D eigenvalue weighted by molar-refractivity contribution is 0.0600. The number of nitrogens with zero attached hydrogens (tertiary/aromatic N) is 2. The Balaban J connectivity index is 1.70. The predicted molar refractivity (Wildman–Crippen MR) is 128 cm³/mol. The van der Waals surface area contributed by atoms with Crippen molar-refractivity contribution in [3.63, 3.8) is 0 Å². The van der Waals surface area contributed by atoms with Gasteiger partial charge in [0.25, 0.3) is 5.91 Å². The molecule has 0 radical (unpaired) electrons. The van der Waals surface area contributed by atoms with Crippen LogP contribution in [0, 0.1) is 13.8 Å². The number of rotatable bonds is 6. The fourth-order valence-corrected chi connectivity index (χ4v) is 3.55. The van der Waals surface area contributed by atoms with Gasteiger partial charge in [0.05, 0.1) is 24.8 Å². The van der Waals surface area contributed by atoms with E-state index in [1.165, 1.54) is 7.11 Å². The first-order valence-electron chi connectivity index (χ1n) is 10.6. The number of benzene rings is 3. The predicted octanol–water partition coefficient (Wildman–Crippen LogP) is 5.25. The molecule has 1 amide bonds. The molecule has 1 heterocycles. The summed E-state index contributed by atoms with van der Waals surface area (Å²) in [5, 5.41) is 7.68. The Morgan fingerprint density at radius 3 is 2.39 bits per heavy atom. The lowest BCUT2D eigenvalue weighted by Crippen LogP contribution is -2.14. The zero-order valence-corrected chi connectivity index (χ0v) is 18.8. The number of aryl methyl sites for hydroxylation is 2. The Morgan fingerprint density at radius 2 is 1.70 bits per heavy atom. The number of hydrogen-bond acceptors (Lipinski definition) is 4. The molecule has 0 unspecified atom stereocenters. The van der Waals surface area contributed by atoms with Crippen LogP contribution in [0.2, 0.25) is 0 Å². The maximum absolute atomic E-state index is 13.4. The molecule has 0 aliphatic rings. The van der Waals surface area contributed by atoms with Gasteiger partial charge in [-0.15, -0.1) is 0 Å². The molecule has 0 saturated carbocycles. The number of methoxy groups -OCH3 is 1. The van der Waals surface area contributed by atoms with E-state index in [1.807, 2.05) is 68.4 Å². The molecule has 4 rings (SSSR count). The van der Waals surface area contributed by atoms with Crippen molar-refractivity contribution in [2.75, 3.05) is 12.4 Å². The zero-order valence-electron chi connectivity index (χ0n) is 18.8. The summed E-state index contributed by atoms with van der Waals surface area (Å²) in [6.07, 6.45) is 1.76. The molecule has 0 saturated heterocycles. The van der Waals surface area contributed by atoms with Crippen molar-refractivity contribution in [1.29, 1.82) is 0 Å². The molecule has 0 fully saturated rings. The van der Waals surface area contributed by atoms with Crippen LogP contribution < -0.4 is 5.32 Å². The molecular formula is C27H25N3O3. The van der Waals surface area contributed by atoms with Gasteiger partial charge in [-0.2, -0.15) is 5.10 Å². The van der Waals surface area contributed by atoms with E-state index in [4.69, 9.17) is 9.84 Å². The van der Waals surface area contributed by atoms with E-state index in [0.717, 1.165) is 22.3 Å². The molecule has 4 aromatic rings. The Kier molecular flexibility index (Phi) is 6.36. The highest BCUT2D eigenvalue weighted by Gasteiger charge is 2.20. The molecule has 6 nitrogen and oxygen atoms in total. The van der Waals surface area contributed by atoms with Crippen molar-refractivity contribution in [3.05, 3.63) is 107 Å². The van der Waals surface area contributed by atoms with Crippen molar-refractivity contribution in [2.45, 2.75) is 20.4 Å². The Labute approximate surface area is 192 Å². The van der Waals surface area contributed by atoms with Crippen LogP contribution in [0.25, 0.3) is 11.3 Å². The molecule has 0 aliphatic heterocycles. The van der Waals surface area contributed by atoms with Crippen LogP contribution >= 0.6 is 0 Å². The minimum Gasteiger partial charge on any atom is -0.465 e. The van der Waals surface area contributed by atoms with Gasteiger partial charge in [0.15, 0.2) is 0 Å². The quantitative estimate of drug-likeness (QED) is 0.416. The summed E-state index contributed by atoms with van der Waals surface area (Å²) in [6, 6.07) is 23.0. The van der Waals surface area contributed by atoms with Gasteiger partial charge in [-0.3, -0.25) is 9.48 Å². The van der Waals surface area contributed by atoms with Gasteiger partial charge in [0.1, 0.15) is 5.69 Å². The van der Waals surface area contributed by atoms with E-state index >= 15 is 0 Å². The average Bonchev–Trinajstić information content (AvgIpc) is 3.25. The molecule has 0 spiro atoms. The number of esters is 1. The summed E-state index contributed by atoms with van der Waals surface area (Å²) in [5.41, 5.74) is 5.89. The first kappa shape index (κ1) is 22.0. The van der Waals surface area contributed by atoms with Gasteiger partial charge in [0.2, 0.25) is 0 Å². The van der Waals surface area contributed by atoms with Crippen molar-refractivity contribution in [2.24, 2.45) is 0 Å². The highest BCUT2D eigenvalue weighted by molar-refractivity contribution is 6.08. The summed E-state index contributed by atoms with van der Waals surface area (Å²) in [6.45, 7) is 4.43. The molecule has 1 aromatic heterocycles. The molecule has 1 N–H and O–H groups in total. The third kappa shape index (κ3) is 5.01. The van der Waals surface area contributed by atoms with Crippen molar-refractivity contribution < 1.29 is 14.3 Å². The Hall–Kier alpha value is -4.19. The van der Waals surface area contributed by atoms with Crippen molar-refractivity contribution >= 4 is 17.6 Å². The van der Waals surface area contributed by atoms with Gasteiger partial charge < -0.3 is 10.1 Å². The van der Waals surface area contributed by atoms with Crippen molar-refractivity contribution in [1.82, 2.24) is 9.78 Å². The van der Waals surface area contributed by atoms with Crippen LogP contribution in [-0.4, -0.2) is 28.8 Å². The topological polar surface area (TPSA) is 73.2 Å². The summed E-state index contributed by atoms with van der Waals surface area (Å²) in [5.74, 6) is -0.753. The molecule has 166 valence electrons. The molecular weight excluding hydrogens is 414 g/mol. The minimum absolute atomic E-state index is 0.296. The van der Waals surface area contributed by atoms with Gasteiger partial charge in [-0.25, -0.2) is 4.79 Å². The fourth-order valence-electron chi connectivity index (χ4n) is 3.55. The standard InChI is InChI=1S/C27H25N3O3/c1-18-9-12-21(13-10-18)25-23(17-30(29-25)16-20-7-5-4-6-8-20)26(31)28-24-15-22(27(32)33-3)14-11-19(24)2/h4-15,17H,16H2,1-3H3,(H,28,31). The zero-order chi connectivity index (χ0) is 23.4. The first-order chi connectivity index (χ1) is 15.9. The lowest BCUT2D eigenvalue weighted by atomic mass is 10.1. The van der Waals surface area contributed by atoms with Crippen LogP contribution in [0.5, 0.6) is 0 Å². The maximum atomic E-state index is 13.4. The molecule has 6 heteroatoms. The van der Waals surface area contributed by atoms with Gasteiger partial charge in [-0.1, -0.05) is 66.2 Å². The van der Waals surface area contributed by atoms with E-state index in [0.29, 0.717) is 29.1 Å². The molecule has 0 bridgehead atoms. The number of carbonyl (C=O) groups excluding carboxylic acids is 2. The summed E-state index contributed by atoms with van der Waals surface area (Å²) >= 11 is 0. The second-order valence-electron chi connectivity index (χ2n) is 7.92. The molecule has 3 aromatic carbocycles. The number of ether oxygens (including phenoxy) is 1. The van der Waals surface area contributed by atoms with E-state index in [2.05, 4.69) is 5.32 Å². The maximum Gasteiger partial charge on any atom is 0.337 e. The van der Waals surface area contributed by atoms with E-state index in [1.54, 1.807) is 29.1 Å². The molecule has 33 heavy (non-hydrogen) atoms. The van der Waals surface area contributed by atoms with Crippen LogP contribution in [0.1, 0.15) is 37.4 Å². The molecule has 0 aliphatic carbocycles. The number of amides is 1. The molecule has 0 atom stereocenters. The second kappa shape index (κ2) is 9.53. The van der Waals surface area contributed by atoms with E-state index < -0.39 is 5.97 Å². The number of nitrogens with one attached hydrogen (secondary N) is 1. The third-order valence-electron chi connectivity index (χ3n) is 5.43. The van der Waals surface area contributed by atoms with Gasteiger partial charge in [-0.05, 0) is 37.1 Å².